The van der Waals surface area contributed by atoms with E-state index in [1.807, 2.05) is 0 Å². The van der Waals surface area contributed by atoms with Crippen LogP contribution in [0.2, 0.25) is 10.0 Å². The highest BCUT2D eigenvalue weighted by atomic mass is 35.5. The van der Waals surface area contributed by atoms with E-state index in [9.17, 15) is 9.18 Å². The summed E-state index contributed by atoms with van der Waals surface area (Å²) < 4.78 is 19.2. The van der Waals surface area contributed by atoms with Gasteiger partial charge in [-0.2, -0.15) is 0 Å². The molecule has 116 valence electrons. The van der Waals surface area contributed by atoms with Crippen molar-refractivity contribution >= 4 is 29.1 Å². The lowest BCUT2D eigenvalue weighted by molar-refractivity contribution is -0.138. The van der Waals surface area contributed by atoms with Crippen molar-refractivity contribution in [3.8, 4) is 0 Å². The first kappa shape index (κ1) is 16.5. The van der Waals surface area contributed by atoms with E-state index in [4.69, 9.17) is 27.9 Å². The van der Waals surface area contributed by atoms with Crippen molar-refractivity contribution < 1.29 is 13.9 Å². The van der Waals surface area contributed by atoms with Gasteiger partial charge in [-0.25, -0.2) is 4.39 Å². The number of carbonyl (C=O) groups excluding carboxylic acids is 1. The number of nitrogens with one attached hydrogen (secondary N) is 1. The Morgan fingerprint density at radius 1 is 1.48 bits per heavy atom. The maximum Gasteiger partial charge on any atom is 0.224 e. The first-order valence-electron chi connectivity index (χ1n) is 6.71. The molecule has 1 aromatic carbocycles. The molecule has 1 unspecified atom stereocenters. The summed E-state index contributed by atoms with van der Waals surface area (Å²) in [6, 6.07) is 2.63. The zero-order chi connectivity index (χ0) is 15.4. The van der Waals surface area contributed by atoms with Gasteiger partial charge in [-0.1, -0.05) is 23.2 Å². The van der Waals surface area contributed by atoms with E-state index in [1.165, 1.54) is 12.1 Å². The molecule has 1 fully saturated rings. The second-order valence-corrected chi connectivity index (χ2v) is 5.65. The van der Waals surface area contributed by atoms with Crippen molar-refractivity contribution in [1.82, 2.24) is 10.2 Å². The minimum absolute atomic E-state index is 0.0264. The molecule has 1 saturated heterocycles. The summed E-state index contributed by atoms with van der Waals surface area (Å²) in [6.45, 7) is 1.92. The number of hydrogen-bond acceptors (Lipinski definition) is 3. The predicted octanol–water partition coefficient (Wildman–Crippen LogP) is 2.64. The summed E-state index contributed by atoms with van der Waals surface area (Å²) in [4.78, 5) is 13.8. The fraction of sp³-hybridized carbons (Fsp3) is 0.500. The van der Waals surface area contributed by atoms with Gasteiger partial charge in [0.25, 0.3) is 0 Å². The van der Waals surface area contributed by atoms with E-state index in [0.717, 1.165) is 0 Å². The molecule has 7 heteroatoms. The fourth-order valence-corrected chi connectivity index (χ4v) is 2.74. The Morgan fingerprint density at radius 2 is 2.24 bits per heavy atom. The van der Waals surface area contributed by atoms with Crippen molar-refractivity contribution in [2.45, 2.75) is 12.5 Å². The number of ether oxygens (including phenoxy) is 1. The Morgan fingerprint density at radius 3 is 2.95 bits per heavy atom. The van der Waals surface area contributed by atoms with Crippen LogP contribution >= 0.6 is 23.2 Å². The molecule has 0 bridgehead atoms. The van der Waals surface area contributed by atoms with Crippen molar-refractivity contribution in [2.75, 3.05) is 33.3 Å². The van der Waals surface area contributed by atoms with Gasteiger partial charge in [0, 0.05) is 30.1 Å². The molecule has 21 heavy (non-hydrogen) atoms. The van der Waals surface area contributed by atoms with Gasteiger partial charge in [0.15, 0.2) is 0 Å². The van der Waals surface area contributed by atoms with E-state index in [1.54, 1.807) is 11.9 Å². The van der Waals surface area contributed by atoms with Crippen LogP contribution in [0.5, 0.6) is 0 Å². The minimum atomic E-state index is -0.543. The molecule has 4 nitrogen and oxygen atoms in total. The normalized spacial score (nSPS) is 18.9. The van der Waals surface area contributed by atoms with Crippen molar-refractivity contribution in [3.05, 3.63) is 33.6 Å². The van der Waals surface area contributed by atoms with E-state index in [2.05, 4.69) is 5.32 Å². The number of halogens is 3. The molecule has 0 radical (unpaired) electrons. The van der Waals surface area contributed by atoms with Crippen molar-refractivity contribution in [2.24, 2.45) is 0 Å². The average Bonchev–Trinajstić information content (AvgIpc) is 2.48. The monoisotopic (exact) mass is 334 g/mol. The number of morpholine rings is 1. The van der Waals surface area contributed by atoms with Crippen LogP contribution in [0.1, 0.15) is 18.1 Å². The molecule has 0 aliphatic carbocycles. The number of nitrogens with zero attached hydrogens (tertiary/aromatic N) is 1. The Hall–Kier alpha value is -0.880. The van der Waals surface area contributed by atoms with Crippen LogP contribution in [0, 0.1) is 5.82 Å². The second-order valence-electron chi connectivity index (χ2n) is 4.84. The molecule has 1 heterocycles. The molecule has 1 N–H and O–H groups in total. The summed E-state index contributed by atoms with van der Waals surface area (Å²) in [7, 11) is 1.80. The van der Waals surface area contributed by atoms with Gasteiger partial charge in [0.05, 0.1) is 18.2 Å². The van der Waals surface area contributed by atoms with Crippen LogP contribution in [0.25, 0.3) is 0 Å². The SMILES string of the molecule is CNCCC(=O)N1CCOC(c2cc(F)c(Cl)cc2Cl)C1. The van der Waals surface area contributed by atoms with Gasteiger partial charge in [-0.3, -0.25) is 4.79 Å². The van der Waals surface area contributed by atoms with E-state index >= 15 is 0 Å². The van der Waals surface area contributed by atoms with E-state index in [-0.39, 0.29) is 10.9 Å². The first-order chi connectivity index (χ1) is 10.0. The topological polar surface area (TPSA) is 41.6 Å². The highest BCUT2D eigenvalue weighted by Crippen LogP contribution is 2.32. The Kier molecular flexibility index (Phi) is 5.81. The van der Waals surface area contributed by atoms with Crippen LogP contribution in [-0.4, -0.2) is 44.1 Å². The van der Waals surface area contributed by atoms with Crippen LogP contribution in [-0.2, 0) is 9.53 Å². The summed E-state index contributed by atoms with van der Waals surface area (Å²) >= 11 is 11.8. The third kappa shape index (κ3) is 4.07. The Labute approximate surface area is 133 Å². The summed E-state index contributed by atoms with van der Waals surface area (Å²) in [5.74, 6) is -0.499. The molecule has 1 aromatic rings. The van der Waals surface area contributed by atoms with E-state index < -0.39 is 11.9 Å². The Balaban J connectivity index is 2.10. The van der Waals surface area contributed by atoms with Crippen molar-refractivity contribution in [1.29, 1.82) is 0 Å². The predicted molar refractivity (Wildman–Crippen MR) is 80.2 cm³/mol. The van der Waals surface area contributed by atoms with Crippen molar-refractivity contribution in [3.63, 3.8) is 0 Å². The molecule has 0 saturated carbocycles. The van der Waals surface area contributed by atoms with Crippen LogP contribution in [0.4, 0.5) is 4.39 Å². The maximum atomic E-state index is 13.6. The van der Waals surface area contributed by atoms with Gasteiger partial charge in [-0.05, 0) is 19.2 Å². The molecule has 0 aromatic heterocycles. The molecule has 1 aliphatic rings. The Bertz CT molecular complexity index is 528. The summed E-state index contributed by atoms with van der Waals surface area (Å²) in [6.07, 6.45) is -0.0112. The summed E-state index contributed by atoms with van der Waals surface area (Å²) in [5.41, 5.74) is 0.518. The van der Waals surface area contributed by atoms with E-state index in [0.29, 0.717) is 43.2 Å². The average molecular weight is 335 g/mol. The largest absolute Gasteiger partial charge is 0.370 e. The first-order valence-corrected chi connectivity index (χ1v) is 7.47. The zero-order valence-electron chi connectivity index (χ0n) is 11.7. The van der Waals surface area contributed by atoms with Gasteiger partial charge in [0.2, 0.25) is 5.91 Å². The molecular weight excluding hydrogens is 318 g/mol. The minimum Gasteiger partial charge on any atom is -0.370 e. The molecular formula is C14H17Cl2FN2O2. The van der Waals surface area contributed by atoms with Gasteiger partial charge >= 0.3 is 0 Å². The molecule has 1 atom stereocenters. The smallest absolute Gasteiger partial charge is 0.224 e. The molecule has 1 aliphatic heterocycles. The lowest BCUT2D eigenvalue weighted by Crippen LogP contribution is -2.43. The number of rotatable bonds is 4. The second kappa shape index (κ2) is 7.40. The zero-order valence-corrected chi connectivity index (χ0v) is 13.2. The molecule has 1 amide bonds. The number of benzene rings is 1. The van der Waals surface area contributed by atoms with Crippen LogP contribution < -0.4 is 5.32 Å². The maximum absolute atomic E-state index is 13.6. The third-order valence-electron chi connectivity index (χ3n) is 3.39. The fourth-order valence-electron chi connectivity index (χ4n) is 2.24. The highest BCUT2D eigenvalue weighted by Gasteiger charge is 2.27. The number of carbonyl (C=O) groups is 1. The number of hydrogen-bond donors (Lipinski definition) is 1. The number of amides is 1. The highest BCUT2D eigenvalue weighted by molar-refractivity contribution is 6.35. The standard InChI is InChI=1S/C14H17Cl2FN2O2/c1-18-3-2-14(20)19-4-5-21-13(8-19)9-6-12(17)11(16)7-10(9)15/h6-7,13,18H,2-5,8H2,1H3. The molecule has 2 rings (SSSR count). The van der Waals surface area contributed by atoms with Crippen LogP contribution in [0.15, 0.2) is 12.1 Å². The summed E-state index contributed by atoms with van der Waals surface area (Å²) in [5, 5.41) is 3.26. The quantitative estimate of drug-likeness (QED) is 0.860. The lowest BCUT2D eigenvalue weighted by Gasteiger charge is -2.33. The van der Waals surface area contributed by atoms with Gasteiger partial charge < -0.3 is 15.0 Å². The third-order valence-corrected chi connectivity index (χ3v) is 4.01. The van der Waals surface area contributed by atoms with Gasteiger partial charge in [0.1, 0.15) is 11.9 Å². The van der Waals surface area contributed by atoms with Crippen LogP contribution in [0.3, 0.4) is 0 Å². The lowest BCUT2D eigenvalue weighted by atomic mass is 10.1. The molecule has 0 spiro atoms. The van der Waals surface area contributed by atoms with Gasteiger partial charge in [-0.15, -0.1) is 0 Å².